The number of primary amides is 1. The van der Waals surface area contributed by atoms with Crippen LogP contribution in [0.15, 0.2) is 24.3 Å². The number of benzene rings is 1. The van der Waals surface area contributed by atoms with E-state index in [2.05, 4.69) is 10.6 Å². The molecule has 0 aliphatic heterocycles. The second-order valence-electron chi connectivity index (χ2n) is 5.49. The third kappa shape index (κ3) is 6.85. The van der Waals surface area contributed by atoms with Gasteiger partial charge in [-0.3, -0.25) is 4.79 Å². The molecule has 1 aromatic carbocycles. The number of halogens is 1. The molecular weight excluding hydrogens is 294 g/mol. The number of alkyl carbamates (subject to hydrolysis) is 1. The number of hydrogen-bond donors (Lipinski definition) is 3. The Morgan fingerprint density at radius 1 is 1.38 bits per heavy atom. The summed E-state index contributed by atoms with van der Waals surface area (Å²) in [5.41, 5.74) is 5.34. The minimum Gasteiger partial charge on any atom is -0.444 e. The summed E-state index contributed by atoms with van der Waals surface area (Å²) in [6.07, 6.45) is -0.610. The van der Waals surface area contributed by atoms with Gasteiger partial charge in [0.1, 0.15) is 11.6 Å². The van der Waals surface area contributed by atoms with Crippen molar-refractivity contribution >= 4 is 29.3 Å². The fourth-order valence-electron chi connectivity index (χ4n) is 1.50. The van der Waals surface area contributed by atoms with Gasteiger partial charge in [-0.2, -0.15) is 0 Å². The van der Waals surface area contributed by atoms with Gasteiger partial charge in [0.2, 0.25) is 5.91 Å². The fourth-order valence-corrected chi connectivity index (χ4v) is 1.69. The lowest BCUT2D eigenvalue weighted by Crippen LogP contribution is -2.46. The molecule has 0 fully saturated rings. The van der Waals surface area contributed by atoms with Gasteiger partial charge in [0.15, 0.2) is 0 Å². The van der Waals surface area contributed by atoms with Crippen LogP contribution in [0.25, 0.3) is 0 Å². The Labute approximate surface area is 129 Å². The second kappa shape index (κ2) is 7.17. The van der Waals surface area contributed by atoms with Crippen molar-refractivity contribution in [3.8, 4) is 0 Å². The summed E-state index contributed by atoms with van der Waals surface area (Å²) in [5, 5.41) is 5.94. The molecular formula is C14H20ClN3O3. The van der Waals surface area contributed by atoms with Crippen LogP contribution in [0, 0.1) is 0 Å². The van der Waals surface area contributed by atoms with Crippen LogP contribution in [0.3, 0.4) is 0 Å². The third-order valence-electron chi connectivity index (χ3n) is 2.36. The standard InChI is InChI=1S/C14H20ClN3O3/c1-14(2,3)21-13(20)17-8-11(12(16)19)18-10-6-4-5-9(15)7-10/h4-7,11,18H,8H2,1-3H3,(H2,16,19)(H,17,20). The van der Waals surface area contributed by atoms with Gasteiger partial charge in [0.25, 0.3) is 0 Å². The normalized spacial score (nSPS) is 12.4. The van der Waals surface area contributed by atoms with Crippen LogP contribution in [0.5, 0.6) is 0 Å². The number of ether oxygens (including phenoxy) is 1. The summed E-state index contributed by atoms with van der Waals surface area (Å²) in [5.74, 6) is -0.592. The largest absolute Gasteiger partial charge is 0.444 e. The molecule has 6 nitrogen and oxygen atoms in total. The highest BCUT2D eigenvalue weighted by Gasteiger charge is 2.20. The highest BCUT2D eigenvalue weighted by molar-refractivity contribution is 6.30. The van der Waals surface area contributed by atoms with Crippen molar-refractivity contribution in [2.45, 2.75) is 32.4 Å². The molecule has 0 saturated carbocycles. The van der Waals surface area contributed by atoms with E-state index < -0.39 is 23.6 Å². The van der Waals surface area contributed by atoms with E-state index in [0.29, 0.717) is 10.7 Å². The lowest BCUT2D eigenvalue weighted by atomic mass is 10.2. The molecule has 4 N–H and O–H groups in total. The minimum absolute atomic E-state index is 0.0107. The first-order valence-electron chi connectivity index (χ1n) is 6.45. The maximum absolute atomic E-state index is 11.6. The number of hydrogen-bond acceptors (Lipinski definition) is 4. The van der Waals surface area contributed by atoms with E-state index in [0.717, 1.165) is 0 Å². The van der Waals surface area contributed by atoms with E-state index in [9.17, 15) is 9.59 Å². The summed E-state index contributed by atoms with van der Waals surface area (Å²) in [7, 11) is 0. The Hall–Kier alpha value is -1.95. The lowest BCUT2D eigenvalue weighted by molar-refractivity contribution is -0.118. The molecule has 0 heterocycles. The Balaban J connectivity index is 2.59. The number of rotatable bonds is 5. The molecule has 1 atom stereocenters. The Morgan fingerprint density at radius 3 is 2.57 bits per heavy atom. The summed E-state index contributed by atoms with van der Waals surface area (Å²) < 4.78 is 5.09. The maximum atomic E-state index is 11.6. The van der Waals surface area contributed by atoms with E-state index in [-0.39, 0.29) is 6.54 Å². The number of carbonyl (C=O) groups excluding carboxylic acids is 2. The molecule has 2 amide bonds. The van der Waals surface area contributed by atoms with Crippen molar-refractivity contribution < 1.29 is 14.3 Å². The third-order valence-corrected chi connectivity index (χ3v) is 2.59. The Bertz CT molecular complexity index is 514. The first-order chi connectivity index (χ1) is 9.67. The molecule has 0 aliphatic rings. The Morgan fingerprint density at radius 2 is 2.05 bits per heavy atom. The van der Waals surface area contributed by atoms with Crippen molar-refractivity contribution in [3.63, 3.8) is 0 Å². The van der Waals surface area contributed by atoms with Crippen LogP contribution in [-0.4, -0.2) is 30.2 Å². The fraction of sp³-hybridized carbons (Fsp3) is 0.429. The number of nitrogens with one attached hydrogen (secondary N) is 2. The van der Waals surface area contributed by atoms with Gasteiger partial charge in [0.05, 0.1) is 6.54 Å². The van der Waals surface area contributed by atoms with Crippen molar-refractivity contribution in [1.82, 2.24) is 5.32 Å². The predicted octanol–water partition coefficient (Wildman–Crippen LogP) is 2.13. The first kappa shape index (κ1) is 17.1. The average molecular weight is 314 g/mol. The van der Waals surface area contributed by atoms with Gasteiger partial charge in [-0.05, 0) is 39.0 Å². The lowest BCUT2D eigenvalue weighted by Gasteiger charge is -2.22. The smallest absolute Gasteiger partial charge is 0.407 e. The summed E-state index contributed by atoms with van der Waals surface area (Å²) in [6, 6.07) is 6.09. The van der Waals surface area contributed by atoms with E-state index in [1.54, 1.807) is 45.0 Å². The minimum atomic E-state index is -0.768. The zero-order chi connectivity index (χ0) is 16.0. The Kier molecular flexibility index (Phi) is 5.84. The van der Waals surface area contributed by atoms with Gasteiger partial charge < -0.3 is 21.1 Å². The predicted molar refractivity (Wildman–Crippen MR) is 82.3 cm³/mol. The van der Waals surface area contributed by atoms with Crippen LogP contribution in [0.2, 0.25) is 5.02 Å². The van der Waals surface area contributed by atoms with Gasteiger partial charge in [-0.1, -0.05) is 17.7 Å². The average Bonchev–Trinajstić information content (AvgIpc) is 2.32. The van der Waals surface area contributed by atoms with E-state index >= 15 is 0 Å². The molecule has 0 aliphatic carbocycles. The summed E-state index contributed by atoms with van der Waals surface area (Å²) in [6.45, 7) is 5.27. The van der Waals surface area contributed by atoms with Crippen molar-refractivity contribution in [1.29, 1.82) is 0 Å². The molecule has 21 heavy (non-hydrogen) atoms. The van der Waals surface area contributed by atoms with Crippen molar-refractivity contribution in [2.75, 3.05) is 11.9 Å². The molecule has 7 heteroatoms. The SMILES string of the molecule is CC(C)(C)OC(=O)NCC(Nc1cccc(Cl)c1)C(N)=O. The molecule has 0 saturated heterocycles. The molecule has 1 unspecified atom stereocenters. The van der Waals surface area contributed by atoms with Crippen LogP contribution < -0.4 is 16.4 Å². The molecule has 0 bridgehead atoms. The van der Waals surface area contributed by atoms with E-state index in [1.807, 2.05) is 0 Å². The van der Waals surface area contributed by atoms with Crippen LogP contribution >= 0.6 is 11.6 Å². The number of anilines is 1. The monoisotopic (exact) mass is 313 g/mol. The number of carbonyl (C=O) groups is 2. The van der Waals surface area contributed by atoms with Crippen molar-refractivity contribution in [2.24, 2.45) is 5.73 Å². The van der Waals surface area contributed by atoms with Gasteiger partial charge in [-0.15, -0.1) is 0 Å². The van der Waals surface area contributed by atoms with E-state index in [4.69, 9.17) is 22.1 Å². The molecule has 0 aromatic heterocycles. The molecule has 116 valence electrons. The summed E-state index contributed by atoms with van der Waals surface area (Å²) in [4.78, 5) is 23.0. The van der Waals surface area contributed by atoms with Gasteiger partial charge >= 0.3 is 6.09 Å². The highest BCUT2D eigenvalue weighted by Crippen LogP contribution is 2.15. The zero-order valence-electron chi connectivity index (χ0n) is 12.3. The van der Waals surface area contributed by atoms with Crippen LogP contribution in [0.1, 0.15) is 20.8 Å². The number of nitrogens with two attached hydrogens (primary N) is 1. The molecule has 0 spiro atoms. The van der Waals surface area contributed by atoms with Gasteiger partial charge in [-0.25, -0.2) is 4.79 Å². The molecule has 1 rings (SSSR count). The van der Waals surface area contributed by atoms with Crippen LogP contribution in [0.4, 0.5) is 10.5 Å². The topological polar surface area (TPSA) is 93.4 Å². The highest BCUT2D eigenvalue weighted by atomic mass is 35.5. The van der Waals surface area contributed by atoms with E-state index in [1.165, 1.54) is 0 Å². The number of amides is 2. The van der Waals surface area contributed by atoms with Gasteiger partial charge in [0, 0.05) is 10.7 Å². The molecule has 0 radical (unpaired) electrons. The molecule has 1 aromatic rings. The zero-order valence-corrected chi connectivity index (χ0v) is 13.0. The maximum Gasteiger partial charge on any atom is 0.407 e. The van der Waals surface area contributed by atoms with Crippen molar-refractivity contribution in [3.05, 3.63) is 29.3 Å². The van der Waals surface area contributed by atoms with Crippen LogP contribution in [-0.2, 0) is 9.53 Å². The quantitative estimate of drug-likeness (QED) is 0.776. The first-order valence-corrected chi connectivity index (χ1v) is 6.83. The summed E-state index contributed by atoms with van der Waals surface area (Å²) >= 11 is 5.86. The second-order valence-corrected chi connectivity index (χ2v) is 5.93.